The molecular formula is C13H28N2. The molecule has 2 nitrogen and oxygen atoms in total. The van der Waals surface area contributed by atoms with Crippen LogP contribution in [0.15, 0.2) is 0 Å². The van der Waals surface area contributed by atoms with Crippen LogP contribution in [0.1, 0.15) is 46.0 Å². The van der Waals surface area contributed by atoms with E-state index in [1.165, 1.54) is 64.8 Å². The van der Waals surface area contributed by atoms with Crippen LogP contribution in [-0.4, -0.2) is 37.6 Å². The summed E-state index contributed by atoms with van der Waals surface area (Å²) in [5, 5.41) is 3.51. The second-order valence-electron chi connectivity index (χ2n) is 4.87. The Morgan fingerprint density at radius 1 is 1.20 bits per heavy atom. The van der Waals surface area contributed by atoms with Crippen molar-refractivity contribution in [3.8, 4) is 0 Å². The van der Waals surface area contributed by atoms with E-state index in [9.17, 15) is 0 Å². The first-order valence-corrected chi connectivity index (χ1v) is 6.79. The molecule has 90 valence electrons. The lowest BCUT2D eigenvalue weighted by Crippen LogP contribution is -2.39. The zero-order valence-electron chi connectivity index (χ0n) is 10.6. The van der Waals surface area contributed by atoms with E-state index >= 15 is 0 Å². The average molecular weight is 212 g/mol. The number of nitrogens with zero attached hydrogens (tertiary/aromatic N) is 1. The van der Waals surface area contributed by atoms with Crippen LogP contribution in [0.5, 0.6) is 0 Å². The van der Waals surface area contributed by atoms with Gasteiger partial charge in [-0.15, -0.1) is 0 Å². The van der Waals surface area contributed by atoms with Gasteiger partial charge in [0, 0.05) is 6.54 Å². The lowest BCUT2D eigenvalue weighted by molar-refractivity contribution is 0.206. The maximum atomic E-state index is 3.51. The Balaban J connectivity index is 2.21. The van der Waals surface area contributed by atoms with Crippen LogP contribution in [0.3, 0.4) is 0 Å². The fourth-order valence-corrected chi connectivity index (χ4v) is 2.44. The highest BCUT2D eigenvalue weighted by molar-refractivity contribution is 4.72. The zero-order valence-corrected chi connectivity index (χ0v) is 10.6. The zero-order chi connectivity index (χ0) is 10.9. The van der Waals surface area contributed by atoms with Crippen molar-refractivity contribution in [2.45, 2.75) is 46.0 Å². The lowest BCUT2D eigenvalue weighted by Gasteiger charge is -2.29. The van der Waals surface area contributed by atoms with Crippen molar-refractivity contribution < 1.29 is 0 Å². The summed E-state index contributed by atoms with van der Waals surface area (Å²) in [7, 11) is 0. The van der Waals surface area contributed by atoms with Gasteiger partial charge in [0.2, 0.25) is 0 Å². The largest absolute Gasteiger partial charge is 0.316 e. The molecule has 1 atom stereocenters. The van der Waals surface area contributed by atoms with Crippen LogP contribution < -0.4 is 5.32 Å². The molecule has 1 fully saturated rings. The fraction of sp³-hybridized carbons (Fsp3) is 1.00. The third-order valence-electron chi connectivity index (χ3n) is 3.28. The predicted octanol–water partition coefficient (Wildman–Crippen LogP) is 2.50. The summed E-state index contributed by atoms with van der Waals surface area (Å²) in [5.74, 6) is 0.905. The Labute approximate surface area is 95.4 Å². The van der Waals surface area contributed by atoms with E-state index in [-0.39, 0.29) is 0 Å². The molecule has 0 spiro atoms. The van der Waals surface area contributed by atoms with Crippen molar-refractivity contribution >= 4 is 0 Å². The van der Waals surface area contributed by atoms with Gasteiger partial charge in [-0.25, -0.2) is 0 Å². The first-order chi connectivity index (χ1) is 7.36. The smallest absolute Gasteiger partial charge is 0.00218 e. The van der Waals surface area contributed by atoms with Gasteiger partial charge in [0.25, 0.3) is 0 Å². The van der Waals surface area contributed by atoms with Crippen LogP contribution in [0.25, 0.3) is 0 Å². The number of rotatable bonds is 7. The summed E-state index contributed by atoms with van der Waals surface area (Å²) in [6.45, 7) is 11.0. The molecule has 1 aliphatic heterocycles. The topological polar surface area (TPSA) is 15.3 Å². The Bertz CT molecular complexity index is 141. The number of piperidine rings is 1. The molecule has 1 unspecified atom stereocenters. The molecular weight excluding hydrogens is 184 g/mol. The van der Waals surface area contributed by atoms with Crippen LogP contribution in [0.4, 0.5) is 0 Å². The van der Waals surface area contributed by atoms with Crippen molar-refractivity contribution in [1.82, 2.24) is 10.2 Å². The third-order valence-corrected chi connectivity index (χ3v) is 3.28. The molecule has 0 aromatic rings. The second kappa shape index (κ2) is 8.12. The minimum Gasteiger partial charge on any atom is -0.316 e. The minimum atomic E-state index is 0.905. The van der Waals surface area contributed by atoms with Gasteiger partial charge in [-0.3, -0.25) is 0 Å². The van der Waals surface area contributed by atoms with Gasteiger partial charge in [-0.05, 0) is 57.8 Å². The Morgan fingerprint density at radius 3 is 2.67 bits per heavy atom. The molecule has 0 saturated carbocycles. The summed E-state index contributed by atoms with van der Waals surface area (Å²) < 4.78 is 0. The lowest BCUT2D eigenvalue weighted by atomic mass is 9.99. The van der Waals surface area contributed by atoms with Crippen LogP contribution in [0, 0.1) is 5.92 Å². The summed E-state index contributed by atoms with van der Waals surface area (Å²) in [4.78, 5) is 2.67. The molecule has 15 heavy (non-hydrogen) atoms. The van der Waals surface area contributed by atoms with Gasteiger partial charge in [0.1, 0.15) is 0 Å². The summed E-state index contributed by atoms with van der Waals surface area (Å²) in [6.07, 6.45) is 6.78. The first-order valence-electron chi connectivity index (χ1n) is 6.79. The maximum absolute atomic E-state index is 3.51. The normalized spacial score (nSPS) is 22.2. The molecule has 2 heteroatoms. The van der Waals surface area contributed by atoms with Gasteiger partial charge in [-0.2, -0.15) is 0 Å². The van der Waals surface area contributed by atoms with Crippen molar-refractivity contribution in [2.75, 3.05) is 32.7 Å². The number of unbranched alkanes of at least 4 members (excludes halogenated alkanes) is 1. The van der Waals surface area contributed by atoms with Crippen LogP contribution >= 0.6 is 0 Å². The molecule has 1 rings (SSSR count). The number of nitrogens with one attached hydrogen (secondary N) is 1. The van der Waals surface area contributed by atoms with E-state index < -0.39 is 0 Å². The minimum absolute atomic E-state index is 0.905. The molecule has 0 radical (unpaired) electrons. The Morgan fingerprint density at radius 2 is 2.07 bits per heavy atom. The maximum Gasteiger partial charge on any atom is 0.00218 e. The van der Waals surface area contributed by atoms with E-state index in [2.05, 4.69) is 24.1 Å². The van der Waals surface area contributed by atoms with Crippen LogP contribution in [0.2, 0.25) is 0 Å². The highest BCUT2D eigenvalue weighted by Gasteiger charge is 2.15. The SMILES string of the molecule is CCCCN(CCC)CC1CCCNC1. The van der Waals surface area contributed by atoms with Gasteiger partial charge in [-0.1, -0.05) is 20.3 Å². The quantitative estimate of drug-likeness (QED) is 0.697. The molecule has 1 heterocycles. The van der Waals surface area contributed by atoms with Crippen molar-refractivity contribution in [3.05, 3.63) is 0 Å². The molecule has 0 aromatic carbocycles. The van der Waals surface area contributed by atoms with Crippen LogP contribution in [-0.2, 0) is 0 Å². The van der Waals surface area contributed by atoms with Gasteiger partial charge < -0.3 is 10.2 Å². The van der Waals surface area contributed by atoms with E-state index in [0.29, 0.717) is 0 Å². The van der Waals surface area contributed by atoms with Gasteiger partial charge in [0.15, 0.2) is 0 Å². The van der Waals surface area contributed by atoms with Crippen molar-refractivity contribution in [2.24, 2.45) is 5.92 Å². The number of hydrogen-bond acceptors (Lipinski definition) is 2. The van der Waals surface area contributed by atoms with E-state index in [0.717, 1.165) is 5.92 Å². The second-order valence-corrected chi connectivity index (χ2v) is 4.87. The molecule has 1 saturated heterocycles. The van der Waals surface area contributed by atoms with E-state index in [4.69, 9.17) is 0 Å². The third kappa shape index (κ3) is 5.53. The highest BCUT2D eigenvalue weighted by atomic mass is 15.1. The monoisotopic (exact) mass is 212 g/mol. The van der Waals surface area contributed by atoms with E-state index in [1.54, 1.807) is 0 Å². The summed E-state index contributed by atoms with van der Waals surface area (Å²) in [6, 6.07) is 0. The Kier molecular flexibility index (Phi) is 7.03. The highest BCUT2D eigenvalue weighted by Crippen LogP contribution is 2.12. The first kappa shape index (κ1) is 13.0. The molecule has 0 bridgehead atoms. The Hall–Kier alpha value is -0.0800. The summed E-state index contributed by atoms with van der Waals surface area (Å²) >= 11 is 0. The molecule has 0 aliphatic carbocycles. The standard InChI is InChI=1S/C13H28N2/c1-3-5-10-15(9-4-2)12-13-7-6-8-14-11-13/h13-14H,3-12H2,1-2H3. The average Bonchev–Trinajstić information content (AvgIpc) is 2.28. The van der Waals surface area contributed by atoms with Gasteiger partial charge >= 0.3 is 0 Å². The van der Waals surface area contributed by atoms with Crippen molar-refractivity contribution in [3.63, 3.8) is 0 Å². The summed E-state index contributed by atoms with van der Waals surface area (Å²) in [5.41, 5.74) is 0. The predicted molar refractivity (Wildman–Crippen MR) is 67.2 cm³/mol. The molecule has 0 amide bonds. The van der Waals surface area contributed by atoms with E-state index in [1.807, 2.05) is 0 Å². The molecule has 1 N–H and O–H groups in total. The van der Waals surface area contributed by atoms with Gasteiger partial charge in [0.05, 0.1) is 0 Å². The fourth-order valence-electron chi connectivity index (χ4n) is 2.44. The molecule has 1 aliphatic rings. The van der Waals surface area contributed by atoms with Crippen molar-refractivity contribution in [1.29, 1.82) is 0 Å². The number of hydrogen-bond donors (Lipinski definition) is 1. The molecule has 0 aromatic heterocycles.